The zero-order valence-corrected chi connectivity index (χ0v) is 4.85. The summed E-state index contributed by atoms with van der Waals surface area (Å²) in [5.74, 6) is -1.03. The van der Waals surface area contributed by atoms with Crippen molar-refractivity contribution in [2.45, 2.75) is 12.8 Å². The molecule has 9 heavy (non-hydrogen) atoms. The van der Waals surface area contributed by atoms with E-state index in [9.17, 15) is 9.59 Å². The van der Waals surface area contributed by atoms with Gasteiger partial charge in [-0.2, -0.15) is 0 Å². The largest absolute Gasteiger partial charge is 0.390 e. The number of hydrogen-bond donors (Lipinski definition) is 0. The van der Waals surface area contributed by atoms with Crippen molar-refractivity contribution in [2.75, 3.05) is 0 Å². The van der Waals surface area contributed by atoms with Crippen LogP contribution in [-0.2, 0) is 14.3 Å². The van der Waals surface area contributed by atoms with Crippen molar-refractivity contribution in [3.63, 3.8) is 0 Å². The molecule has 3 heteroatoms. The second kappa shape index (κ2) is 2.01. The topological polar surface area (TPSA) is 43.4 Å². The Balaban J connectivity index is 2.64. The van der Waals surface area contributed by atoms with E-state index in [-0.39, 0.29) is 6.42 Å². The summed E-state index contributed by atoms with van der Waals surface area (Å²) < 4.78 is 4.22. The third-order valence-electron chi connectivity index (χ3n) is 1.13. The molecule has 0 atom stereocenters. The Hall–Kier alpha value is -1.12. The molecule has 0 N–H and O–H groups in total. The molecule has 1 heterocycles. The third-order valence-corrected chi connectivity index (χ3v) is 1.13. The summed E-state index contributed by atoms with van der Waals surface area (Å²) >= 11 is 0. The highest BCUT2D eigenvalue weighted by Gasteiger charge is 2.20. The molecule has 0 aromatic rings. The molecule has 1 aliphatic heterocycles. The first-order valence-electron chi connectivity index (χ1n) is 2.63. The number of esters is 2. The van der Waals surface area contributed by atoms with Crippen molar-refractivity contribution in [1.82, 2.24) is 0 Å². The molecule has 1 rings (SSSR count). The van der Waals surface area contributed by atoms with E-state index in [2.05, 4.69) is 11.3 Å². The SMILES string of the molecule is C=C1CCC(=O)OC1=O. The quantitative estimate of drug-likeness (QED) is 0.268. The first-order chi connectivity index (χ1) is 4.20. The second-order valence-corrected chi connectivity index (χ2v) is 1.87. The minimum Gasteiger partial charge on any atom is -0.390 e. The molecule has 1 aliphatic rings. The van der Waals surface area contributed by atoms with E-state index in [1.54, 1.807) is 0 Å². The van der Waals surface area contributed by atoms with Crippen molar-refractivity contribution in [1.29, 1.82) is 0 Å². The normalized spacial score (nSPS) is 19.8. The summed E-state index contributed by atoms with van der Waals surface area (Å²) in [6.07, 6.45) is 0.724. The van der Waals surface area contributed by atoms with Crippen LogP contribution in [0, 0.1) is 0 Å². The molecule has 0 spiro atoms. The van der Waals surface area contributed by atoms with Crippen LogP contribution in [0.1, 0.15) is 12.8 Å². The molecular formula is C6H6O3. The number of carbonyl (C=O) groups excluding carboxylic acids is 2. The van der Waals surface area contributed by atoms with Gasteiger partial charge in [-0.3, -0.25) is 4.79 Å². The maximum absolute atomic E-state index is 10.5. The van der Waals surface area contributed by atoms with E-state index in [1.807, 2.05) is 0 Å². The lowest BCUT2D eigenvalue weighted by Gasteiger charge is -2.09. The number of hydrogen-bond acceptors (Lipinski definition) is 3. The van der Waals surface area contributed by atoms with Crippen LogP contribution in [-0.4, -0.2) is 11.9 Å². The highest BCUT2D eigenvalue weighted by Crippen LogP contribution is 2.11. The Morgan fingerprint density at radius 3 is 2.44 bits per heavy atom. The summed E-state index contributed by atoms with van der Waals surface area (Å²) in [6, 6.07) is 0. The number of ether oxygens (including phenoxy) is 1. The van der Waals surface area contributed by atoms with Crippen LogP contribution in [0.3, 0.4) is 0 Å². The molecule has 0 aromatic heterocycles. The lowest BCUT2D eigenvalue weighted by Crippen LogP contribution is -2.19. The van der Waals surface area contributed by atoms with Gasteiger partial charge in [0.1, 0.15) is 0 Å². The molecule has 0 aliphatic carbocycles. The Kier molecular flexibility index (Phi) is 1.34. The zero-order chi connectivity index (χ0) is 6.85. The van der Waals surface area contributed by atoms with Crippen LogP contribution >= 0.6 is 0 Å². The fourth-order valence-electron chi connectivity index (χ4n) is 0.582. The molecule has 0 amide bonds. The molecular weight excluding hydrogens is 120 g/mol. The molecule has 0 radical (unpaired) electrons. The van der Waals surface area contributed by atoms with Gasteiger partial charge >= 0.3 is 11.9 Å². The van der Waals surface area contributed by atoms with Crippen LogP contribution < -0.4 is 0 Å². The maximum Gasteiger partial charge on any atom is 0.341 e. The Morgan fingerprint density at radius 2 is 2.00 bits per heavy atom. The van der Waals surface area contributed by atoms with Crippen molar-refractivity contribution in [3.8, 4) is 0 Å². The van der Waals surface area contributed by atoms with E-state index >= 15 is 0 Å². The second-order valence-electron chi connectivity index (χ2n) is 1.87. The van der Waals surface area contributed by atoms with Gasteiger partial charge in [0.15, 0.2) is 0 Å². The van der Waals surface area contributed by atoms with Gasteiger partial charge < -0.3 is 4.74 Å². The van der Waals surface area contributed by atoms with Crippen molar-refractivity contribution >= 4 is 11.9 Å². The maximum atomic E-state index is 10.5. The van der Waals surface area contributed by atoms with E-state index < -0.39 is 11.9 Å². The summed E-state index contributed by atoms with van der Waals surface area (Å²) in [7, 11) is 0. The predicted molar refractivity (Wildman–Crippen MR) is 29.5 cm³/mol. The van der Waals surface area contributed by atoms with Crippen LogP contribution in [0.25, 0.3) is 0 Å². The van der Waals surface area contributed by atoms with Gasteiger partial charge in [0.2, 0.25) is 0 Å². The van der Waals surface area contributed by atoms with Gasteiger partial charge in [0.05, 0.1) is 6.42 Å². The Bertz CT molecular complexity index is 181. The molecule has 0 saturated carbocycles. The van der Waals surface area contributed by atoms with Gasteiger partial charge in [-0.15, -0.1) is 0 Å². The minimum absolute atomic E-state index is 0.282. The Morgan fingerprint density at radius 1 is 1.33 bits per heavy atom. The zero-order valence-electron chi connectivity index (χ0n) is 4.85. The fourth-order valence-corrected chi connectivity index (χ4v) is 0.582. The first kappa shape index (κ1) is 6.01. The van der Waals surface area contributed by atoms with Gasteiger partial charge in [-0.05, 0) is 6.42 Å². The van der Waals surface area contributed by atoms with Gasteiger partial charge in [0, 0.05) is 5.57 Å². The highest BCUT2D eigenvalue weighted by atomic mass is 16.6. The molecule has 1 saturated heterocycles. The lowest BCUT2D eigenvalue weighted by atomic mass is 10.1. The summed E-state index contributed by atoms with van der Waals surface area (Å²) in [5.41, 5.74) is 0.384. The molecule has 0 bridgehead atoms. The van der Waals surface area contributed by atoms with Crippen LogP contribution in [0.5, 0.6) is 0 Å². The standard InChI is InChI=1S/C6H6O3/c1-4-2-3-5(7)9-6(4)8/h1-3H2. The molecule has 0 unspecified atom stereocenters. The van der Waals surface area contributed by atoms with Crippen LogP contribution in [0.4, 0.5) is 0 Å². The van der Waals surface area contributed by atoms with E-state index in [0.717, 1.165) is 0 Å². The summed E-state index contributed by atoms with van der Waals surface area (Å²) in [6.45, 7) is 3.40. The van der Waals surface area contributed by atoms with E-state index in [4.69, 9.17) is 0 Å². The van der Waals surface area contributed by atoms with E-state index in [1.165, 1.54) is 0 Å². The highest BCUT2D eigenvalue weighted by molar-refractivity contribution is 5.98. The van der Waals surface area contributed by atoms with Gasteiger partial charge in [-0.1, -0.05) is 6.58 Å². The summed E-state index contributed by atoms with van der Waals surface area (Å²) in [4.78, 5) is 20.8. The number of cyclic esters (lactones) is 2. The average Bonchev–Trinajstić information content (AvgIpc) is 1.80. The van der Waals surface area contributed by atoms with Crippen LogP contribution in [0.15, 0.2) is 12.2 Å². The van der Waals surface area contributed by atoms with Crippen molar-refractivity contribution in [2.24, 2.45) is 0 Å². The third kappa shape index (κ3) is 1.16. The smallest absolute Gasteiger partial charge is 0.341 e. The minimum atomic E-state index is -0.578. The van der Waals surface area contributed by atoms with Gasteiger partial charge in [-0.25, -0.2) is 4.79 Å². The van der Waals surface area contributed by atoms with Crippen molar-refractivity contribution < 1.29 is 14.3 Å². The lowest BCUT2D eigenvalue weighted by molar-refractivity contribution is -0.159. The van der Waals surface area contributed by atoms with Gasteiger partial charge in [0.25, 0.3) is 0 Å². The average molecular weight is 126 g/mol. The molecule has 1 fully saturated rings. The van der Waals surface area contributed by atoms with Crippen LogP contribution in [0.2, 0.25) is 0 Å². The summed E-state index contributed by atoms with van der Waals surface area (Å²) in [5, 5.41) is 0. The molecule has 0 aromatic carbocycles. The fraction of sp³-hybridized carbons (Fsp3) is 0.333. The number of rotatable bonds is 0. The molecule has 48 valence electrons. The Labute approximate surface area is 52.3 Å². The van der Waals surface area contributed by atoms with Crippen molar-refractivity contribution in [3.05, 3.63) is 12.2 Å². The predicted octanol–water partition coefficient (Wildman–Crippen LogP) is 0.406. The first-order valence-corrected chi connectivity index (χ1v) is 2.63. The number of carbonyl (C=O) groups is 2. The van der Waals surface area contributed by atoms with E-state index in [0.29, 0.717) is 12.0 Å². The monoisotopic (exact) mass is 126 g/mol. The molecule has 3 nitrogen and oxygen atoms in total.